The van der Waals surface area contributed by atoms with Crippen molar-refractivity contribution >= 4 is 17.5 Å². The predicted octanol–water partition coefficient (Wildman–Crippen LogP) is 1.39. The van der Waals surface area contributed by atoms with Gasteiger partial charge in [0, 0.05) is 31.4 Å². The van der Waals surface area contributed by atoms with Crippen LogP contribution in [0.2, 0.25) is 0 Å². The summed E-state index contributed by atoms with van der Waals surface area (Å²) in [7, 11) is 0. The van der Waals surface area contributed by atoms with Crippen molar-refractivity contribution in [2.45, 2.75) is 19.4 Å². The van der Waals surface area contributed by atoms with E-state index >= 15 is 0 Å². The molecule has 0 radical (unpaired) electrons. The van der Waals surface area contributed by atoms with Gasteiger partial charge in [0.1, 0.15) is 6.54 Å². The first kappa shape index (κ1) is 13.1. The number of nitrogens with zero attached hydrogens (tertiary/aromatic N) is 1. The Kier molecular flexibility index (Phi) is 3.69. The summed E-state index contributed by atoms with van der Waals surface area (Å²) in [4.78, 5) is 26.1. The van der Waals surface area contributed by atoms with Crippen molar-refractivity contribution in [3.05, 3.63) is 29.8 Å². The van der Waals surface area contributed by atoms with Crippen molar-refractivity contribution in [1.29, 1.82) is 0 Å². The highest BCUT2D eigenvalue weighted by molar-refractivity contribution is 5.96. The average Bonchev–Trinajstić information content (AvgIpc) is 2.65. The Morgan fingerprint density at radius 2 is 1.95 bits per heavy atom. The molecule has 0 aromatic heterocycles. The van der Waals surface area contributed by atoms with E-state index in [1.165, 1.54) is 0 Å². The Hall–Kier alpha value is -1.88. The van der Waals surface area contributed by atoms with Crippen molar-refractivity contribution in [3.63, 3.8) is 0 Å². The van der Waals surface area contributed by atoms with Gasteiger partial charge in [0.2, 0.25) is 11.8 Å². The molecular weight excluding hydrogens is 256 g/mol. The molecule has 2 aliphatic heterocycles. The van der Waals surface area contributed by atoms with Gasteiger partial charge in [0.15, 0.2) is 0 Å². The molecule has 0 atom stereocenters. The fourth-order valence-electron chi connectivity index (χ4n) is 2.76. The molecule has 5 nitrogen and oxygen atoms in total. The first-order valence-corrected chi connectivity index (χ1v) is 6.98. The summed E-state index contributed by atoms with van der Waals surface area (Å²) in [6.07, 6.45) is 1.50. The van der Waals surface area contributed by atoms with E-state index in [9.17, 15) is 9.59 Å². The van der Waals surface area contributed by atoms with Crippen LogP contribution >= 0.6 is 0 Å². The van der Waals surface area contributed by atoms with Crippen molar-refractivity contribution in [2.75, 3.05) is 25.1 Å². The highest BCUT2D eigenvalue weighted by Crippen LogP contribution is 2.24. The molecule has 1 aromatic rings. The lowest BCUT2D eigenvalue weighted by atomic mass is 9.98. The number of benzene rings is 1. The van der Waals surface area contributed by atoms with Crippen molar-refractivity contribution < 1.29 is 14.3 Å². The van der Waals surface area contributed by atoms with Gasteiger partial charge in [-0.1, -0.05) is 18.2 Å². The molecule has 0 saturated carbocycles. The van der Waals surface area contributed by atoms with Crippen molar-refractivity contribution in [3.8, 4) is 0 Å². The number of amides is 2. The monoisotopic (exact) mass is 274 g/mol. The van der Waals surface area contributed by atoms with E-state index in [2.05, 4.69) is 5.32 Å². The number of hydrogen-bond donors (Lipinski definition) is 1. The standard InChI is InChI=1S/C15H18N2O3/c18-14-10-17(15(19)11-5-7-20-8-6-11)9-12-3-1-2-4-13(12)16-14/h1-4,11H,5-10H2,(H,16,18). The Morgan fingerprint density at radius 1 is 1.20 bits per heavy atom. The summed E-state index contributed by atoms with van der Waals surface area (Å²) in [6, 6.07) is 7.63. The third-order valence-electron chi connectivity index (χ3n) is 3.87. The molecule has 5 heteroatoms. The van der Waals surface area contributed by atoms with Crippen LogP contribution in [0.15, 0.2) is 24.3 Å². The third-order valence-corrected chi connectivity index (χ3v) is 3.87. The minimum absolute atomic E-state index is 0.0122. The Bertz CT molecular complexity index is 524. The molecule has 0 aliphatic carbocycles. The molecule has 1 N–H and O–H groups in total. The van der Waals surface area contributed by atoms with Gasteiger partial charge in [-0.15, -0.1) is 0 Å². The minimum Gasteiger partial charge on any atom is -0.381 e. The number of para-hydroxylation sites is 1. The summed E-state index contributed by atoms with van der Waals surface area (Å²) in [5.74, 6) is -0.0719. The van der Waals surface area contributed by atoms with E-state index in [1.807, 2.05) is 24.3 Å². The molecule has 2 heterocycles. The molecule has 106 valence electrons. The Balaban J connectivity index is 1.79. The van der Waals surface area contributed by atoms with Crippen LogP contribution < -0.4 is 5.32 Å². The van der Waals surface area contributed by atoms with Gasteiger partial charge in [-0.05, 0) is 24.5 Å². The molecule has 2 amide bonds. The van der Waals surface area contributed by atoms with E-state index in [0.717, 1.165) is 24.1 Å². The van der Waals surface area contributed by atoms with Crippen LogP contribution in [0, 0.1) is 5.92 Å². The third kappa shape index (κ3) is 2.67. The second kappa shape index (κ2) is 5.63. The van der Waals surface area contributed by atoms with E-state index in [1.54, 1.807) is 4.90 Å². The number of fused-ring (bicyclic) bond motifs is 1. The largest absolute Gasteiger partial charge is 0.381 e. The van der Waals surface area contributed by atoms with Gasteiger partial charge >= 0.3 is 0 Å². The van der Waals surface area contributed by atoms with Crippen LogP contribution in [0.3, 0.4) is 0 Å². The molecule has 0 spiro atoms. The summed E-state index contributed by atoms with van der Waals surface area (Å²) in [5, 5.41) is 2.85. The number of carbonyl (C=O) groups excluding carboxylic acids is 2. The topological polar surface area (TPSA) is 58.6 Å². The normalized spacial score (nSPS) is 20.0. The van der Waals surface area contributed by atoms with Crippen LogP contribution in [0.25, 0.3) is 0 Å². The van der Waals surface area contributed by atoms with Gasteiger partial charge < -0.3 is 15.0 Å². The molecule has 2 aliphatic rings. The maximum atomic E-state index is 12.6. The quantitative estimate of drug-likeness (QED) is 0.842. The zero-order chi connectivity index (χ0) is 13.9. The maximum absolute atomic E-state index is 12.6. The molecule has 0 unspecified atom stereocenters. The van der Waals surface area contributed by atoms with E-state index in [4.69, 9.17) is 4.74 Å². The zero-order valence-corrected chi connectivity index (χ0v) is 11.3. The van der Waals surface area contributed by atoms with E-state index < -0.39 is 0 Å². The molecule has 1 saturated heterocycles. The molecule has 1 fully saturated rings. The molecule has 1 aromatic carbocycles. The predicted molar refractivity (Wildman–Crippen MR) is 74.0 cm³/mol. The second-order valence-electron chi connectivity index (χ2n) is 5.29. The summed E-state index contributed by atoms with van der Waals surface area (Å²) >= 11 is 0. The first-order valence-electron chi connectivity index (χ1n) is 6.98. The SMILES string of the molecule is O=C1CN(C(=O)C2CCOCC2)Cc2ccccc2N1. The number of anilines is 1. The summed E-state index contributed by atoms with van der Waals surface area (Å²) in [5.41, 5.74) is 1.79. The van der Waals surface area contributed by atoms with Gasteiger partial charge in [-0.3, -0.25) is 9.59 Å². The van der Waals surface area contributed by atoms with Crippen molar-refractivity contribution in [1.82, 2.24) is 4.90 Å². The van der Waals surface area contributed by atoms with Crippen LogP contribution in [0.4, 0.5) is 5.69 Å². The van der Waals surface area contributed by atoms with Crippen LogP contribution in [-0.2, 0) is 20.9 Å². The molecule has 20 heavy (non-hydrogen) atoms. The fraction of sp³-hybridized carbons (Fsp3) is 0.467. The number of rotatable bonds is 1. The second-order valence-corrected chi connectivity index (χ2v) is 5.29. The highest BCUT2D eigenvalue weighted by Gasteiger charge is 2.29. The number of hydrogen-bond acceptors (Lipinski definition) is 3. The Morgan fingerprint density at radius 3 is 2.75 bits per heavy atom. The summed E-state index contributed by atoms with van der Waals surface area (Å²) in [6.45, 7) is 1.88. The number of ether oxygens (including phenoxy) is 1. The smallest absolute Gasteiger partial charge is 0.244 e. The van der Waals surface area contributed by atoms with E-state index in [-0.39, 0.29) is 24.3 Å². The first-order chi connectivity index (χ1) is 9.74. The number of carbonyl (C=O) groups is 2. The molecular formula is C15H18N2O3. The minimum atomic E-state index is -0.129. The molecule has 0 bridgehead atoms. The zero-order valence-electron chi connectivity index (χ0n) is 11.3. The van der Waals surface area contributed by atoms with Gasteiger partial charge in [0.05, 0.1) is 0 Å². The van der Waals surface area contributed by atoms with Gasteiger partial charge in [-0.2, -0.15) is 0 Å². The summed E-state index contributed by atoms with van der Waals surface area (Å²) < 4.78 is 5.29. The van der Waals surface area contributed by atoms with Crippen LogP contribution in [0.5, 0.6) is 0 Å². The fourth-order valence-corrected chi connectivity index (χ4v) is 2.76. The lowest BCUT2D eigenvalue weighted by Gasteiger charge is -2.27. The van der Waals surface area contributed by atoms with Crippen molar-refractivity contribution in [2.24, 2.45) is 5.92 Å². The number of nitrogens with one attached hydrogen (secondary N) is 1. The maximum Gasteiger partial charge on any atom is 0.244 e. The Labute approximate surface area is 117 Å². The van der Waals surface area contributed by atoms with Gasteiger partial charge in [0.25, 0.3) is 0 Å². The van der Waals surface area contributed by atoms with Crippen LogP contribution in [0.1, 0.15) is 18.4 Å². The highest BCUT2D eigenvalue weighted by atomic mass is 16.5. The lowest BCUT2D eigenvalue weighted by Crippen LogP contribution is -2.40. The lowest BCUT2D eigenvalue weighted by molar-refractivity contribution is -0.141. The van der Waals surface area contributed by atoms with Gasteiger partial charge in [-0.25, -0.2) is 0 Å². The average molecular weight is 274 g/mol. The molecule has 3 rings (SSSR count). The van der Waals surface area contributed by atoms with Crippen LogP contribution in [-0.4, -0.2) is 36.5 Å². The van der Waals surface area contributed by atoms with E-state index in [0.29, 0.717) is 19.8 Å².